The first-order valence-electron chi connectivity index (χ1n) is 5.13. The molecule has 1 aromatic rings. The zero-order chi connectivity index (χ0) is 9.97. The second-order valence-electron chi connectivity index (χ2n) is 3.75. The van der Waals surface area contributed by atoms with Gasteiger partial charge in [0.05, 0.1) is 12.6 Å². The van der Waals surface area contributed by atoms with E-state index in [9.17, 15) is 0 Å². The first kappa shape index (κ1) is 10.1. The van der Waals surface area contributed by atoms with E-state index in [4.69, 9.17) is 4.74 Å². The summed E-state index contributed by atoms with van der Waals surface area (Å²) in [6.45, 7) is 0.760. The van der Waals surface area contributed by atoms with Crippen LogP contribution in [0.4, 0.5) is 0 Å². The third kappa shape index (κ3) is 1.85. The predicted molar refractivity (Wildman–Crippen MR) is 60.0 cm³/mol. The molecule has 0 aromatic carbocycles. The zero-order valence-corrected chi connectivity index (χ0v) is 9.62. The molecule has 1 unspecified atom stereocenters. The SMILES string of the molecule is CNC(COC)c1cc2c(s1)CCC2. The van der Waals surface area contributed by atoms with Gasteiger partial charge in [-0.15, -0.1) is 11.3 Å². The smallest absolute Gasteiger partial charge is 0.0665 e. The molecule has 1 N–H and O–H groups in total. The van der Waals surface area contributed by atoms with E-state index in [1.54, 1.807) is 17.6 Å². The molecule has 0 saturated carbocycles. The molecule has 3 heteroatoms. The summed E-state index contributed by atoms with van der Waals surface area (Å²) in [5.74, 6) is 0. The fraction of sp³-hybridized carbons (Fsp3) is 0.636. The van der Waals surface area contributed by atoms with E-state index >= 15 is 0 Å². The van der Waals surface area contributed by atoms with Crippen molar-refractivity contribution in [2.75, 3.05) is 20.8 Å². The maximum absolute atomic E-state index is 5.19. The summed E-state index contributed by atoms with van der Waals surface area (Å²) in [6.07, 6.45) is 3.90. The molecule has 1 aliphatic carbocycles. The van der Waals surface area contributed by atoms with Crippen molar-refractivity contribution in [3.63, 3.8) is 0 Å². The highest BCUT2D eigenvalue weighted by Crippen LogP contribution is 2.33. The van der Waals surface area contributed by atoms with Crippen LogP contribution < -0.4 is 5.32 Å². The number of fused-ring (bicyclic) bond motifs is 1. The van der Waals surface area contributed by atoms with Crippen LogP contribution in [0.5, 0.6) is 0 Å². The van der Waals surface area contributed by atoms with Gasteiger partial charge in [0.15, 0.2) is 0 Å². The van der Waals surface area contributed by atoms with E-state index in [1.807, 2.05) is 18.4 Å². The molecule has 1 aliphatic rings. The highest BCUT2D eigenvalue weighted by molar-refractivity contribution is 7.12. The molecule has 14 heavy (non-hydrogen) atoms. The summed E-state index contributed by atoms with van der Waals surface area (Å²) in [5, 5.41) is 3.29. The number of aryl methyl sites for hydroxylation is 2. The van der Waals surface area contributed by atoms with Crippen LogP contribution in [0.3, 0.4) is 0 Å². The van der Waals surface area contributed by atoms with Gasteiger partial charge in [-0.05, 0) is 37.9 Å². The number of ether oxygens (including phenoxy) is 1. The van der Waals surface area contributed by atoms with Gasteiger partial charge in [0.2, 0.25) is 0 Å². The van der Waals surface area contributed by atoms with Crippen molar-refractivity contribution in [2.24, 2.45) is 0 Å². The van der Waals surface area contributed by atoms with E-state index < -0.39 is 0 Å². The van der Waals surface area contributed by atoms with Crippen LogP contribution in [-0.2, 0) is 17.6 Å². The molecule has 0 fully saturated rings. The Morgan fingerprint density at radius 2 is 2.43 bits per heavy atom. The van der Waals surface area contributed by atoms with E-state index in [0.29, 0.717) is 6.04 Å². The summed E-state index contributed by atoms with van der Waals surface area (Å²) in [4.78, 5) is 3.02. The minimum absolute atomic E-state index is 0.371. The van der Waals surface area contributed by atoms with Gasteiger partial charge in [0.25, 0.3) is 0 Å². The van der Waals surface area contributed by atoms with Gasteiger partial charge >= 0.3 is 0 Å². The molecule has 1 aromatic heterocycles. The predicted octanol–water partition coefficient (Wildman–Crippen LogP) is 2.14. The fourth-order valence-electron chi connectivity index (χ4n) is 2.00. The van der Waals surface area contributed by atoms with Gasteiger partial charge in [-0.1, -0.05) is 0 Å². The van der Waals surface area contributed by atoms with Crippen LogP contribution in [0.1, 0.15) is 27.8 Å². The second-order valence-corrected chi connectivity index (χ2v) is 4.92. The van der Waals surface area contributed by atoms with Gasteiger partial charge in [-0.2, -0.15) is 0 Å². The van der Waals surface area contributed by atoms with Crippen LogP contribution >= 0.6 is 11.3 Å². The van der Waals surface area contributed by atoms with E-state index in [-0.39, 0.29) is 0 Å². The van der Waals surface area contributed by atoms with E-state index in [1.165, 1.54) is 24.1 Å². The quantitative estimate of drug-likeness (QED) is 0.824. The van der Waals surface area contributed by atoms with Gasteiger partial charge in [-0.25, -0.2) is 0 Å². The lowest BCUT2D eigenvalue weighted by atomic mass is 10.2. The van der Waals surface area contributed by atoms with Crippen molar-refractivity contribution < 1.29 is 4.74 Å². The first-order valence-corrected chi connectivity index (χ1v) is 5.94. The molecule has 0 radical (unpaired) electrons. The molecule has 1 atom stereocenters. The minimum atomic E-state index is 0.371. The molecule has 0 saturated heterocycles. The molecule has 1 heterocycles. The normalized spacial score (nSPS) is 17.0. The Kier molecular flexibility index (Phi) is 3.21. The number of rotatable bonds is 4. The van der Waals surface area contributed by atoms with E-state index in [2.05, 4.69) is 11.4 Å². The Hall–Kier alpha value is -0.380. The summed E-state index contributed by atoms with van der Waals surface area (Å²) in [5.41, 5.74) is 1.57. The minimum Gasteiger partial charge on any atom is -0.383 e. The molecule has 78 valence electrons. The van der Waals surface area contributed by atoms with Crippen LogP contribution in [0, 0.1) is 0 Å². The Labute approximate surface area is 89.3 Å². The number of likely N-dealkylation sites (N-methyl/N-ethyl adjacent to an activating group) is 1. The molecular weight excluding hydrogens is 194 g/mol. The van der Waals surface area contributed by atoms with Crippen LogP contribution in [-0.4, -0.2) is 20.8 Å². The molecule has 0 amide bonds. The average Bonchev–Trinajstić information content (AvgIpc) is 2.73. The molecule has 0 aliphatic heterocycles. The van der Waals surface area contributed by atoms with Gasteiger partial charge < -0.3 is 10.1 Å². The van der Waals surface area contributed by atoms with Gasteiger partial charge in [-0.3, -0.25) is 0 Å². The monoisotopic (exact) mass is 211 g/mol. The maximum atomic E-state index is 5.19. The summed E-state index contributed by atoms with van der Waals surface area (Å²) in [7, 11) is 3.75. The average molecular weight is 211 g/mol. The summed E-state index contributed by atoms with van der Waals surface area (Å²) < 4.78 is 5.19. The zero-order valence-electron chi connectivity index (χ0n) is 8.80. The Morgan fingerprint density at radius 1 is 1.57 bits per heavy atom. The highest BCUT2D eigenvalue weighted by Gasteiger charge is 2.18. The van der Waals surface area contributed by atoms with Crippen molar-refractivity contribution in [3.05, 3.63) is 21.4 Å². The molecule has 2 nitrogen and oxygen atoms in total. The van der Waals surface area contributed by atoms with Crippen molar-refractivity contribution in [1.82, 2.24) is 5.32 Å². The van der Waals surface area contributed by atoms with Crippen molar-refractivity contribution >= 4 is 11.3 Å². The lowest BCUT2D eigenvalue weighted by molar-refractivity contribution is 0.171. The lowest BCUT2D eigenvalue weighted by Crippen LogP contribution is -2.19. The van der Waals surface area contributed by atoms with E-state index in [0.717, 1.165) is 6.61 Å². The highest BCUT2D eigenvalue weighted by atomic mass is 32.1. The second kappa shape index (κ2) is 4.43. The largest absolute Gasteiger partial charge is 0.383 e. The number of hydrogen-bond donors (Lipinski definition) is 1. The topological polar surface area (TPSA) is 21.3 Å². The molecular formula is C11H17NOS. The number of thiophene rings is 1. The molecule has 2 rings (SSSR count). The number of nitrogens with one attached hydrogen (secondary N) is 1. The Morgan fingerprint density at radius 3 is 3.07 bits per heavy atom. The number of hydrogen-bond acceptors (Lipinski definition) is 3. The van der Waals surface area contributed by atoms with Crippen molar-refractivity contribution in [2.45, 2.75) is 25.3 Å². The Balaban J connectivity index is 2.14. The summed E-state index contributed by atoms with van der Waals surface area (Å²) in [6, 6.07) is 2.73. The Bertz CT molecular complexity index is 287. The van der Waals surface area contributed by atoms with Crippen LogP contribution in [0.15, 0.2) is 6.07 Å². The standard InChI is InChI=1S/C11H17NOS/c1-12-9(7-13-2)11-6-8-4-3-5-10(8)14-11/h6,9,12H,3-5,7H2,1-2H3. The van der Waals surface area contributed by atoms with Gasteiger partial charge in [0, 0.05) is 16.9 Å². The summed E-state index contributed by atoms with van der Waals surface area (Å²) >= 11 is 1.95. The van der Waals surface area contributed by atoms with Crippen LogP contribution in [0.25, 0.3) is 0 Å². The fourth-order valence-corrected chi connectivity index (χ4v) is 3.35. The third-order valence-electron chi connectivity index (χ3n) is 2.79. The van der Waals surface area contributed by atoms with Crippen molar-refractivity contribution in [1.29, 1.82) is 0 Å². The van der Waals surface area contributed by atoms with Gasteiger partial charge in [0.1, 0.15) is 0 Å². The molecule has 0 spiro atoms. The van der Waals surface area contributed by atoms with Crippen molar-refractivity contribution in [3.8, 4) is 0 Å². The third-order valence-corrected chi connectivity index (χ3v) is 4.14. The molecule has 0 bridgehead atoms. The first-order chi connectivity index (χ1) is 6.85. The lowest BCUT2D eigenvalue weighted by Gasteiger charge is -2.12. The van der Waals surface area contributed by atoms with Crippen LogP contribution in [0.2, 0.25) is 0 Å². The maximum Gasteiger partial charge on any atom is 0.0665 e. The number of methoxy groups -OCH3 is 1.